The minimum atomic E-state index is -0.691. The molecule has 0 aliphatic heterocycles. The zero-order valence-electron chi connectivity index (χ0n) is 15.7. The highest BCUT2D eigenvalue weighted by Gasteiger charge is 2.21. The van der Waals surface area contributed by atoms with E-state index >= 15 is 0 Å². The van der Waals surface area contributed by atoms with Crippen molar-refractivity contribution in [3.63, 3.8) is 0 Å². The summed E-state index contributed by atoms with van der Waals surface area (Å²) < 4.78 is 2.13. The predicted molar refractivity (Wildman–Crippen MR) is 108 cm³/mol. The molecule has 0 spiro atoms. The smallest absolute Gasteiger partial charge is 0.321 e. The fourth-order valence-corrected chi connectivity index (χ4v) is 3.14. The van der Waals surface area contributed by atoms with Gasteiger partial charge in [-0.25, -0.2) is 9.78 Å². The van der Waals surface area contributed by atoms with E-state index in [1.54, 1.807) is 0 Å². The first-order valence-electron chi connectivity index (χ1n) is 8.50. The van der Waals surface area contributed by atoms with Crippen LogP contribution in [0.25, 0.3) is 11.0 Å². The van der Waals surface area contributed by atoms with Crippen molar-refractivity contribution < 1.29 is 9.72 Å². The van der Waals surface area contributed by atoms with Crippen molar-refractivity contribution >= 4 is 39.9 Å². The molecule has 10 nitrogen and oxygen atoms in total. The minimum absolute atomic E-state index is 0.00485. The molecule has 0 atom stereocenters. The molecule has 3 aromatic rings. The van der Waals surface area contributed by atoms with Gasteiger partial charge >= 0.3 is 5.69 Å². The van der Waals surface area contributed by atoms with Crippen LogP contribution in [0.4, 0.5) is 11.4 Å². The van der Waals surface area contributed by atoms with Crippen LogP contribution in [0, 0.1) is 10.1 Å². The van der Waals surface area contributed by atoms with Crippen LogP contribution < -0.4 is 16.6 Å². The van der Waals surface area contributed by atoms with Crippen LogP contribution in [0.15, 0.2) is 34.0 Å². The number of pyridine rings is 1. The van der Waals surface area contributed by atoms with Crippen LogP contribution in [-0.2, 0) is 20.5 Å². The van der Waals surface area contributed by atoms with Gasteiger partial charge in [-0.05, 0) is 24.1 Å². The van der Waals surface area contributed by atoms with E-state index in [4.69, 9.17) is 11.6 Å². The van der Waals surface area contributed by atoms with E-state index < -0.39 is 27.8 Å². The van der Waals surface area contributed by atoms with E-state index in [9.17, 15) is 24.5 Å². The molecule has 0 bridgehead atoms. The first-order valence-corrected chi connectivity index (χ1v) is 8.88. The number of aromatic nitrogens is 3. The molecule has 0 radical (unpaired) electrons. The van der Waals surface area contributed by atoms with E-state index in [1.807, 2.05) is 6.92 Å². The number of nitrogens with zero attached hydrogens (tertiary/aromatic N) is 4. The molecule has 1 aromatic carbocycles. The van der Waals surface area contributed by atoms with Gasteiger partial charge in [-0.3, -0.25) is 28.8 Å². The standard InChI is InChI=1S/C18H16ClN5O5/c1-4-9-8-20-15-13(17(26)23(3)18(27)22(15)2)14(9)21-16(25)10-5-6-11(19)12(7-10)24(28)29/h5-8H,4H2,1-3H3,(H,20,21,25). The molecule has 0 aliphatic carbocycles. The highest BCUT2D eigenvalue weighted by atomic mass is 35.5. The molecule has 0 saturated heterocycles. The highest BCUT2D eigenvalue weighted by Crippen LogP contribution is 2.27. The van der Waals surface area contributed by atoms with E-state index in [-0.39, 0.29) is 27.3 Å². The maximum Gasteiger partial charge on any atom is 0.332 e. The molecule has 3 rings (SSSR count). The highest BCUT2D eigenvalue weighted by molar-refractivity contribution is 6.32. The number of carbonyl (C=O) groups is 1. The summed E-state index contributed by atoms with van der Waals surface area (Å²) in [6.07, 6.45) is 1.92. The number of hydrogen-bond acceptors (Lipinski definition) is 6. The molecule has 1 N–H and O–H groups in total. The number of anilines is 1. The number of fused-ring (bicyclic) bond motifs is 1. The van der Waals surface area contributed by atoms with Crippen LogP contribution in [-0.4, -0.2) is 24.9 Å². The Balaban J connectivity index is 2.21. The van der Waals surface area contributed by atoms with Gasteiger partial charge in [-0.1, -0.05) is 18.5 Å². The van der Waals surface area contributed by atoms with Crippen LogP contribution in [0.3, 0.4) is 0 Å². The lowest BCUT2D eigenvalue weighted by atomic mass is 10.1. The van der Waals surface area contributed by atoms with Crippen molar-refractivity contribution in [1.82, 2.24) is 14.1 Å². The summed E-state index contributed by atoms with van der Waals surface area (Å²) in [7, 11) is 2.80. The number of carbonyl (C=O) groups excluding carboxylic acids is 1. The van der Waals surface area contributed by atoms with Crippen LogP contribution >= 0.6 is 11.6 Å². The maximum absolute atomic E-state index is 12.8. The predicted octanol–water partition coefficient (Wildman–Crippen LogP) is 2.01. The van der Waals surface area contributed by atoms with Crippen LogP contribution in [0.5, 0.6) is 0 Å². The quantitative estimate of drug-likeness (QED) is 0.510. The van der Waals surface area contributed by atoms with Gasteiger partial charge in [0.25, 0.3) is 17.2 Å². The Hall–Kier alpha value is -3.53. The normalized spacial score (nSPS) is 10.9. The summed E-state index contributed by atoms with van der Waals surface area (Å²) in [5.41, 5.74) is -0.676. The number of aryl methyl sites for hydroxylation is 2. The topological polar surface area (TPSA) is 129 Å². The lowest BCUT2D eigenvalue weighted by Crippen LogP contribution is -2.38. The number of nitrogens with one attached hydrogen (secondary N) is 1. The average molecular weight is 418 g/mol. The third kappa shape index (κ3) is 3.38. The Bertz CT molecular complexity index is 1290. The molecule has 1 amide bonds. The second-order valence-corrected chi connectivity index (χ2v) is 6.70. The molecule has 29 heavy (non-hydrogen) atoms. The SMILES string of the molecule is CCc1cnc2c(c1NC(=O)c1ccc(Cl)c([N+](=O)[O-])c1)c(=O)n(C)c(=O)n2C. The number of halogens is 1. The van der Waals surface area contributed by atoms with Gasteiger partial charge in [0.1, 0.15) is 10.4 Å². The second kappa shape index (κ2) is 7.47. The summed E-state index contributed by atoms with van der Waals surface area (Å²) in [4.78, 5) is 52.3. The average Bonchev–Trinajstić information content (AvgIpc) is 2.70. The minimum Gasteiger partial charge on any atom is -0.321 e. The van der Waals surface area contributed by atoms with Gasteiger partial charge in [0.2, 0.25) is 0 Å². The number of benzene rings is 1. The molecule has 2 heterocycles. The van der Waals surface area contributed by atoms with Crippen LogP contribution in [0.2, 0.25) is 5.02 Å². The Labute approximate surface area is 168 Å². The summed E-state index contributed by atoms with van der Waals surface area (Å²) in [5, 5.41) is 13.7. The maximum atomic E-state index is 12.8. The molecule has 11 heteroatoms. The number of nitro benzene ring substituents is 1. The van der Waals surface area contributed by atoms with Gasteiger partial charge in [-0.2, -0.15) is 0 Å². The fraction of sp³-hybridized carbons (Fsp3) is 0.222. The fourth-order valence-electron chi connectivity index (χ4n) is 2.96. The lowest BCUT2D eigenvalue weighted by molar-refractivity contribution is -0.384. The first kappa shape index (κ1) is 20.2. The summed E-state index contributed by atoms with van der Waals surface area (Å²) in [5.74, 6) is -0.664. The van der Waals surface area contributed by atoms with Crippen molar-refractivity contribution in [2.45, 2.75) is 13.3 Å². The first-order chi connectivity index (χ1) is 13.7. The number of nitro groups is 1. The van der Waals surface area contributed by atoms with Crippen molar-refractivity contribution in [2.75, 3.05) is 5.32 Å². The zero-order valence-corrected chi connectivity index (χ0v) is 16.5. The van der Waals surface area contributed by atoms with E-state index in [0.29, 0.717) is 12.0 Å². The molecule has 0 unspecified atom stereocenters. The Morgan fingerprint density at radius 2 is 1.97 bits per heavy atom. The number of rotatable bonds is 4. The van der Waals surface area contributed by atoms with Gasteiger partial charge in [0.15, 0.2) is 5.65 Å². The second-order valence-electron chi connectivity index (χ2n) is 6.29. The third-order valence-electron chi connectivity index (χ3n) is 4.57. The van der Waals surface area contributed by atoms with Crippen molar-refractivity contribution in [3.8, 4) is 0 Å². The van der Waals surface area contributed by atoms with Gasteiger partial charge < -0.3 is 5.32 Å². The number of hydrogen-bond donors (Lipinski definition) is 1. The molecule has 0 saturated carbocycles. The van der Waals surface area contributed by atoms with Crippen LogP contribution in [0.1, 0.15) is 22.8 Å². The number of amides is 1. The van der Waals surface area contributed by atoms with E-state index in [0.717, 1.165) is 10.6 Å². The van der Waals surface area contributed by atoms with Gasteiger partial charge in [0, 0.05) is 31.9 Å². The van der Waals surface area contributed by atoms with Crippen molar-refractivity contribution in [1.29, 1.82) is 0 Å². The Morgan fingerprint density at radius 3 is 2.59 bits per heavy atom. The van der Waals surface area contributed by atoms with E-state index in [1.165, 1.54) is 37.0 Å². The third-order valence-corrected chi connectivity index (χ3v) is 4.89. The summed E-state index contributed by atoms with van der Waals surface area (Å²) >= 11 is 5.79. The zero-order chi connectivity index (χ0) is 21.5. The van der Waals surface area contributed by atoms with Gasteiger partial charge in [0.05, 0.1) is 10.6 Å². The molecule has 0 fully saturated rings. The largest absolute Gasteiger partial charge is 0.332 e. The lowest BCUT2D eigenvalue weighted by Gasteiger charge is -2.15. The molecular formula is C18H16ClN5O5. The molecule has 150 valence electrons. The van der Waals surface area contributed by atoms with E-state index in [2.05, 4.69) is 10.3 Å². The Kier molecular flexibility index (Phi) is 5.21. The summed E-state index contributed by atoms with van der Waals surface area (Å²) in [6.45, 7) is 1.82. The Morgan fingerprint density at radius 1 is 1.28 bits per heavy atom. The molecular weight excluding hydrogens is 402 g/mol. The molecule has 0 aliphatic rings. The molecule has 2 aromatic heterocycles. The van der Waals surface area contributed by atoms with Gasteiger partial charge in [-0.15, -0.1) is 0 Å². The summed E-state index contributed by atoms with van der Waals surface area (Å²) in [6, 6.07) is 3.65. The van der Waals surface area contributed by atoms with Crippen molar-refractivity contribution in [3.05, 3.63) is 71.5 Å². The monoisotopic (exact) mass is 417 g/mol. The van der Waals surface area contributed by atoms with Crippen molar-refractivity contribution in [2.24, 2.45) is 14.1 Å².